The Labute approximate surface area is 208 Å². The smallest absolute Gasteiger partial charge is 0.306 e. The number of nitrogens with one attached hydrogen (secondary N) is 1. The number of ether oxygens (including phenoxy) is 1. The molecule has 0 unspecified atom stereocenters. The summed E-state index contributed by atoms with van der Waals surface area (Å²) in [5, 5.41) is 21.0. The second-order valence-corrected chi connectivity index (χ2v) is 9.65. The summed E-state index contributed by atoms with van der Waals surface area (Å²) in [7, 11) is 1.81. The van der Waals surface area contributed by atoms with Gasteiger partial charge in [-0.3, -0.25) is 4.79 Å². The number of carbonyl (C=O) groups is 1. The van der Waals surface area contributed by atoms with Crippen LogP contribution in [0.4, 0.5) is 10.3 Å². The zero-order valence-corrected chi connectivity index (χ0v) is 20.4. The van der Waals surface area contributed by atoms with Gasteiger partial charge in [0, 0.05) is 24.9 Å². The van der Waals surface area contributed by atoms with Crippen LogP contribution in [0.5, 0.6) is 5.75 Å². The zero-order chi connectivity index (χ0) is 25.2. The Bertz CT molecular complexity index is 1240. The molecule has 0 bridgehead atoms. The lowest BCUT2D eigenvalue weighted by Gasteiger charge is -2.28. The molecule has 2 fully saturated rings. The number of carboxylic acid groups (broad SMARTS) is 1. The number of hydrogen-bond donors (Lipinski definition) is 2. The number of rotatable bonds is 8. The summed E-state index contributed by atoms with van der Waals surface area (Å²) in [5.41, 5.74) is 3.67. The molecule has 0 radical (unpaired) electrons. The summed E-state index contributed by atoms with van der Waals surface area (Å²) in [4.78, 5) is 24.9. The first-order chi connectivity index (χ1) is 17.4. The summed E-state index contributed by atoms with van der Waals surface area (Å²) in [6, 6.07) is 5.54. The third-order valence-electron chi connectivity index (χ3n) is 7.08. The van der Waals surface area contributed by atoms with Crippen LogP contribution in [-0.2, 0) is 18.4 Å². The molecule has 0 saturated heterocycles. The van der Waals surface area contributed by atoms with Gasteiger partial charge < -0.3 is 15.2 Å². The van der Waals surface area contributed by atoms with Crippen LogP contribution in [0.3, 0.4) is 0 Å². The van der Waals surface area contributed by atoms with Gasteiger partial charge in [-0.05, 0) is 63.6 Å². The fourth-order valence-electron chi connectivity index (χ4n) is 4.87. The minimum atomic E-state index is -0.758. The zero-order valence-electron chi connectivity index (χ0n) is 20.4. The van der Waals surface area contributed by atoms with Crippen LogP contribution >= 0.6 is 0 Å². The first kappa shape index (κ1) is 24.1. The highest BCUT2D eigenvalue weighted by molar-refractivity contribution is 5.70. The molecule has 11 heteroatoms. The van der Waals surface area contributed by atoms with E-state index in [-0.39, 0.29) is 17.9 Å². The molecule has 0 spiro atoms. The van der Waals surface area contributed by atoms with E-state index in [1.54, 1.807) is 10.9 Å². The van der Waals surface area contributed by atoms with Crippen molar-refractivity contribution in [1.82, 2.24) is 29.9 Å². The summed E-state index contributed by atoms with van der Waals surface area (Å²) < 4.78 is 21.1. The average Bonchev–Trinajstić information content (AvgIpc) is 3.22. The van der Waals surface area contributed by atoms with E-state index in [1.807, 2.05) is 32.2 Å². The first-order valence-electron chi connectivity index (χ1n) is 12.3. The maximum absolute atomic E-state index is 13.2. The van der Waals surface area contributed by atoms with Crippen LogP contribution in [0.15, 0.2) is 24.4 Å². The second kappa shape index (κ2) is 10.2. The van der Waals surface area contributed by atoms with Crippen LogP contribution in [0.2, 0.25) is 0 Å². The molecule has 190 valence electrons. The predicted molar refractivity (Wildman–Crippen MR) is 129 cm³/mol. The third-order valence-corrected chi connectivity index (χ3v) is 7.08. The minimum Gasteiger partial charge on any atom is -0.489 e. The highest BCUT2D eigenvalue weighted by Crippen LogP contribution is 2.38. The van der Waals surface area contributed by atoms with Crippen LogP contribution in [0.1, 0.15) is 61.5 Å². The van der Waals surface area contributed by atoms with Crippen molar-refractivity contribution >= 4 is 11.9 Å². The normalized spacial score (nSPS) is 23.6. The van der Waals surface area contributed by atoms with Gasteiger partial charge in [0.2, 0.25) is 5.95 Å². The van der Waals surface area contributed by atoms with E-state index in [0.717, 1.165) is 24.2 Å². The summed E-state index contributed by atoms with van der Waals surface area (Å²) in [6.07, 6.45) is 4.73. The van der Waals surface area contributed by atoms with Gasteiger partial charge in [-0.1, -0.05) is 5.21 Å². The van der Waals surface area contributed by atoms with Crippen molar-refractivity contribution < 1.29 is 19.0 Å². The number of alkyl halides is 1. The maximum atomic E-state index is 13.2. The quantitative estimate of drug-likeness (QED) is 0.479. The van der Waals surface area contributed by atoms with Gasteiger partial charge in [0.1, 0.15) is 17.6 Å². The molecule has 2 atom stereocenters. The molecule has 2 aliphatic carbocycles. The minimum absolute atomic E-state index is 0.131. The molecule has 2 aliphatic rings. The molecule has 10 nitrogen and oxygen atoms in total. The lowest BCUT2D eigenvalue weighted by atomic mass is 9.81. The molecule has 5 rings (SSSR count). The number of carboxylic acids is 1. The Hall–Kier alpha value is -3.63. The van der Waals surface area contributed by atoms with Gasteiger partial charge in [-0.25, -0.2) is 24.0 Å². The number of aliphatic carboxylic acids is 1. The predicted octanol–water partition coefficient (Wildman–Crippen LogP) is 3.83. The van der Waals surface area contributed by atoms with E-state index < -0.39 is 12.1 Å². The van der Waals surface area contributed by atoms with Crippen LogP contribution in [-0.4, -0.2) is 53.3 Å². The fourth-order valence-corrected chi connectivity index (χ4v) is 4.87. The number of hydrogen-bond acceptors (Lipinski definition) is 8. The van der Waals surface area contributed by atoms with E-state index in [2.05, 4.69) is 25.6 Å². The van der Waals surface area contributed by atoms with Crippen LogP contribution < -0.4 is 10.1 Å². The SMILES string of the molecule is Cc1nc(-c2nnn(C)c2CNc2nccc(C3CC(F)C3)n2)ccc1O[C@H]1CCC[C@H](C(=O)O)C1. The molecule has 2 N–H and O–H groups in total. The molecule has 3 aromatic rings. The number of anilines is 1. The highest BCUT2D eigenvalue weighted by Gasteiger charge is 2.31. The molecule has 0 aliphatic heterocycles. The molecule has 0 amide bonds. The summed E-state index contributed by atoms with van der Waals surface area (Å²) in [5.74, 6) is 0.155. The molecule has 2 saturated carbocycles. The van der Waals surface area contributed by atoms with E-state index in [9.17, 15) is 14.3 Å². The van der Waals surface area contributed by atoms with Crippen LogP contribution in [0, 0.1) is 12.8 Å². The highest BCUT2D eigenvalue weighted by atomic mass is 19.1. The molecule has 3 heterocycles. The lowest BCUT2D eigenvalue weighted by Crippen LogP contribution is -2.29. The Morgan fingerprint density at radius 3 is 2.81 bits per heavy atom. The number of aryl methyl sites for hydroxylation is 2. The van der Waals surface area contributed by atoms with E-state index in [4.69, 9.17) is 9.72 Å². The number of aromatic nitrogens is 6. The topological polar surface area (TPSA) is 128 Å². The van der Waals surface area contributed by atoms with Gasteiger partial charge in [-0.2, -0.15) is 0 Å². The van der Waals surface area contributed by atoms with Gasteiger partial charge >= 0.3 is 5.97 Å². The van der Waals surface area contributed by atoms with E-state index in [1.165, 1.54) is 0 Å². The van der Waals surface area contributed by atoms with Crippen molar-refractivity contribution in [3.05, 3.63) is 41.5 Å². The summed E-state index contributed by atoms with van der Waals surface area (Å²) >= 11 is 0. The monoisotopic (exact) mass is 495 g/mol. The average molecular weight is 496 g/mol. The first-order valence-corrected chi connectivity index (χ1v) is 12.3. The van der Waals surface area contributed by atoms with Crippen molar-refractivity contribution in [2.45, 2.75) is 70.2 Å². The van der Waals surface area contributed by atoms with Crippen molar-refractivity contribution in [2.24, 2.45) is 13.0 Å². The molecule has 0 aromatic carbocycles. The fraction of sp³-hybridized carbons (Fsp3) is 0.520. The largest absolute Gasteiger partial charge is 0.489 e. The van der Waals surface area contributed by atoms with Crippen LogP contribution in [0.25, 0.3) is 11.4 Å². The van der Waals surface area contributed by atoms with Gasteiger partial charge in [0.05, 0.1) is 35.6 Å². The molecular weight excluding hydrogens is 465 g/mol. The Morgan fingerprint density at radius 1 is 1.22 bits per heavy atom. The van der Waals surface area contributed by atoms with E-state index >= 15 is 0 Å². The standard InChI is InChI=1S/C25H30FN7O3/c1-14-22(36-18-5-3-4-15(12-18)24(34)35)7-6-20(29-14)23-21(33(2)32-31-23)13-28-25-27-9-8-19(30-25)16-10-17(26)11-16/h6-9,15-18H,3-5,10-13H2,1-2H3,(H,34,35)(H,27,28,30)/t15-,16?,17?,18-/m0/s1. The molecule has 36 heavy (non-hydrogen) atoms. The number of halogens is 1. The van der Waals surface area contributed by atoms with Crippen molar-refractivity contribution in [3.63, 3.8) is 0 Å². The van der Waals surface area contributed by atoms with Crippen molar-refractivity contribution in [2.75, 3.05) is 5.32 Å². The van der Waals surface area contributed by atoms with Crippen molar-refractivity contribution in [3.8, 4) is 17.1 Å². The Balaban J connectivity index is 1.27. The maximum Gasteiger partial charge on any atom is 0.306 e. The van der Waals surface area contributed by atoms with Gasteiger partial charge in [-0.15, -0.1) is 5.10 Å². The third kappa shape index (κ3) is 5.14. The molecule has 3 aromatic heterocycles. The molecular formula is C25H30FN7O3. The Kier molecular flexibility index (Phi) is 6.80. The van der Waals surface area contributed by atoms with Crippen molar-refractivity contribution in [1.29, 1.82) is 0 Å². The number of pyridine rings is 1. The second-order valence-electron chi connectivity index (χ2n) is 9.65. The lowest BCUT2D eigenvalue weighted by molar-refractivity contribution is -0.143. The number of nitrogens with zero attached hydrogens (tertiary/aromatic N) is 6. The van der Waals surface area contributed by atoms with Gasteiger partial charge in [0.15, 0.2) is 0 Å². The Morgan fingerprint density at radius 2 is 2.06 bits per heavy atom. The summed E-state index contributed by atoms with van der Waals surface area (Å²) in [6.45, 7) is 2.25. The van der Waals surface area contributed by atoms with E-state index in [0.29, 0.717) is 61.0 Å². The van der Waals surface area contributed by atoms with Gasteiger partial charge in [0.25, 0.3) is 0 Å².